The SMILES string of the molecule is CCCOCC(=O)N1CCOC(CO)C1. The van der Waals surface area contributed by atoms with Gasteiger partial charge >= 0.3 is 0 Å². The van der Waals surface area contributed by atoms with Gasteiger partial charge in [-0.25, -0.2) is 0 Å². The van der Waals surface area contributed by atoms with Gasteiger partial charge in [-0.05, 0) is 6.42 Å². The van der Waals surface area contributed by atoms with E-state index in [1.165, 1.54) is 0 Å². The molecule has 1 heterocycles. The van der Waals surface area contributed by atoms with Crippen molar-refractivity contribution in [2.45, 2.75) is 19.4 Å². The highest BCUT2D eigenvalue weighted by Gasteiger charge is 2.23. The first-order chi connectivity index (χ1) is 7.27. The molecule has 1 aliphatic rings. The Morgan fingerprint density at radius 3 is 3.13 bits per heavy atom. The Morgan fingerprint density at radius 2 is 2.47 bits per heavy atom. The van der Waals surface area contributed by atoms with Crippen LogP contribution in [0.25, 0.3) is 0 Å². The van der Waals surface area contributed by atoms with Gasteiger partial charge in [0.25, 0.3) is 0 Å². The van der Waals surface area contributed by atoms with E-state index in [1.807, 2.05) is 6.92 Å². The van der Waals surface area contributed by atoms with Crippen molar-refractivity contribution in [3.8, 4) is 0 Å². The number of morpholine rings is 1. The molecule has 1 N–H and O–H groups in total. The predicted octanol–water partition coefficient (Wildman–Crippen LogP) is -0.367. The molecule has 0 radical (unpaired) electrons. The number of amides is 1. The predicted molar refractivity (Wildman–Crippen MR) is 54.5 cm³/mol. The van der Waals surface area contributed by atoms with Gasteiger partial charge in [0.1, 0.15) is 6.61 Å². The van der Waals surface area contributed by atoms with Gasteiger partial charge in [-0.3, -0.25) is 4.79 Å². The van der Waals surface area contributed by atoms with E-state index in [9.17, 15) is 4.79 Å². The Kier molecular flexibility index (Phi) is 5.60. The first-order valence-corrected chi connectivity index (χ1v) is 5.36. The average molecular weight is 217 g/mol. The number of hydrogen-bond donors (Lipinski definition) is 1. The molecule has 1 aliphatic heterocycles. The van der Waals surface area contributed by atoms with Crippen LogP contribution in [0.3, 0.4) is 0 Å². The fourth-order valence-electron chi connectivity index (χ4n) is 1.45. The summed E-state index contributed by atoms with van der Waals surface area (Å²) in [4.78, 5) is 13.3. The molecule has 88 valence electrons. The van der Waals surface area contributed by atoms with Crippen LogP contribution in [-0.2, 0) is 14.3 Å². The topological polar surface area (TPSA) is 59.0 Å². The molecule has 1 fully saturated rings. The Morgan fingerprint density at radius 1 is 1.67 bits per heavy atom. The van der Waals surface area contributed by atoms with Crippen molar-refractivity contribution in [1.29, 1.82) is 0 Å². The van der Waals surface area contributed by atoms with Gasteiger partial charge in [0.05, 0.1) is 19.3 Å². The van der Waals surface area contributed by atoms with E-state index in [1.54, 1.807) is 4.90 Å². The maximum Gasteiger partial charge on any atom is 0.248 e. The normalized spacial score (nSPS) is 21.7. The number of carbonyl (C=O) groups excluding carboxylic acids is 1. The Balaban J connectivity index is 2.25. The minimum atomic E-state index is -0.242. The summed E-state index contributed by atoms with van der Waals surface area (Å²) in [5.74, 6) is -0.0230. The quantitative estimate of drug-likeness (QED) is 0.638. The molecular formula is C10H19NO4. The van der Waals surface area contributed by atoms with E-state index in [4.69, 9.17) is 14.6 Å². The lowest BCUT2D eigenvalue weighted by Crippen LogP contribution is -2.48. The van der Waals surface area contributed by atoms with Gasteiger partial charge in [-0.15, -0.1) is 0 Å². The van der Waals surface area contributed by atoms with Crippen molar-refractivity contribution in [2.24, 2.45) is 0 Å². The van der Waals surface area contributed by atoms with Crippen LogP contribution >= 0.6 is 0 Å². The maximum absolute atomic E-state index is 11.6. The van der Waals surface area contributed by atoms with Crippen molar-refractivity contribution in [2.75, 3.05) is 39.5 Å². The molecule has 0 aliphatic carbocycles. The van der Waals surface area contributed by atoms with E-state index in [0.717, 1.165) is 6.42 Å². The van der Waals surface area contributed by atoms with Crippen LogP contribution in [0.2, 0.25) is 0 Å². The molecule has 0 aromatic heterocycles. The minimum Gasteiger partial charge on any atom is -0.394 e. The summed E-state index contributed by atoms with van der Waals surface area (Å²) in [7, 11) is 0. The van der Waals surface area contributed by atoms with Crippen LogP contribution < -0.4 is 0 Å². The number of carbonyl (C=O) groups is 1. The summed E-state index contributed by atoms with van der Waals surface area (Å²) in [5, 5.41) is 8.91. The van der Waals surface area contributed by atoms with Crippen LogP contribution in [-0.4, -0.2) is 61.5 Å². The lowest BCUT2D eigenvalue weighted by Gasteiger charge is -2.31. The third kappa shape index (κ3) is 4.15. The Hall–Kier alpha value is -0.650. The van der Waals surface area contributed by atoms with Crippen molar-refractivity contribution >= 4 is 5.91 Å². The molecule has 0 aromatic carbocycles. The lowest BCUT2D eigenvalue weighted by molar-refractivity contribution is -0.145. The number of rotatable bonds is 5. The molecule has 1 rings (SSSR count). The summed E-state index contributed by atoms with van der Waals surface area (Å²) < 4.78 is 10.4. The Bertz CT molecular complexity index is 198. The zero-order chi connectivity index (χ0) is 11.1. The van der Waals surface area contributed by atoms with Gasteiger partial charge in [0.15, 0.2) is 0 Å². The minimum absolute atomic E-state index is 0.0230. The molecule has 15 heavy (non-hydrogen) atoms. The first kappa shape index (κ1) is 12.4. The third-order valence-electron chi connectivity index (χ3n) is 2.27. The van der Waals surface area contributed by atoms with Crippen LogP contribution in [0, 0.1) is 0 Å². The second-order valence-corrected chi connectivity index (χ2v) is 3.57. The summed E-state index contributed by atoms with van der Waals surface area (Å²) in [5.41, 5.74) is 0. The number of hydrogen-bond acceptors (Lipinski definition) is 4. The van der Waals surface area contributed by atoms with E-state index >= 15 is 0 Å². The number of ether oxygens (including phenoxy) is 2. The summed E-state index contributed by atoms with van der Waals surface area (Å²) in [6, 6.07) is 0. The summed E-state index contributed by atoms with van der Waals surface area (Å²) in [6.45, 7) is 4.24. The standard InChI is InChI=1S/C10H19NO4/c1-2-4-14-8-10(13)11-3-5-15-9(6-11)7-12/h9,12H,2-8H2,1H3. The molecule has 0 saturated carbocycles. The fraction of sp³-hybridized carbons (Fsp3) is 0.900. The van der Waals surface area contributed by atoms with Crippen LogP contribution in [0.1, 0.15) is 13.3 Å². The van der Waals surface area contributed by atoms with Crippen molar-refractivity contribution in [3.05, 3.63) is 0 Å². The van der Waals surface area contributed by atoms with Crippen molar-refractivity contribution in [3.63, 3.8) is 0 Å². The number of nitrogens with zero attached hydrogens (tertiary/aromatic N) is 1. The van der Waals surface area contributed by atoms with Crippen LogP contribution in [0.4, 0.5) is 0 Å². The van der Waals surface area contributed by atoms with Gasteiger partial charge in [0, 0.05) is 19.7 Å². The monoisotopic (exact) mass is 217 g/mol. The van der Waals surface area contributed by atoms with Crippen LogP contribution in [0.15, 0.2) is 0 Å². The Labute approximate surface area is 90.0 Å². The molecule has 0 bridgehead atoms. The molecule has 5 heteroatoms. The van der Waals surface area contributed by atoms with Crippen LogP contribution in [0.5, 0.6) is 0 Å². The average Bonchev–Trinajstić information content (AvgIpc) is 2.29. The summed E-state index contributed by atoms with van der Waals surface area (Å²) >= 11 is 0. The molecule has 5 nitrogen and oxygen atoms in total. The molecule has 1 unspecified atom stereocenters. The molecule has 1 saturated heterocycles. The van der Waals surface area contributed by atoms with Crippen molar-refractivity contribution < 1.29 is 19.4 Å². The highest BCUT2D eigenvalue weighted by Crippen LogP contribution is 2.04. The van der Waals surface area contributed by atoms with E-state index in [-0.39, 0.29) is 25.2 Å². The molecular weight excluding hydrogens is 198 g/mol. The van der Waals surface area contributed by atoms with E-state index < -0.39 is 0 Å². The van der Waals surface area contributed by atoms with E-state index in [0.29, 0.717) is 26.3 Å². The zero-order valence-corrected chi connectivity index (χ0v) is 9.15. The smallest absolute Gasteiger partial charge is 0.248 e. The van der Waals surface area contributed by atoms with Gasteiger partial charge in [-0.1, -0.05) is 6.92 Å². The molecule has 0 aromatic rings. The molecule has 0 spiro atoms. The lowest BCUT2D eigenvalue weighted by atomic mass is 10.3. The molecule has 1 atom stereocenters. The van der Waals surface area contributed by atoms with Gasteiger partial charge in [-0.2, -0.15) is 0 Å². The molecule has 1 amide bonds. The van der Waals surface area contributed by atoms with Gasteiger partial charge < -0.3 is 19.5 Å². The summed E-state index contributed by atoms with van der Waals surface area (Å²) in [6.07, 6.45) is 0.671. The highest BCUT2D eigenvalue weighted by molar-refractivity contribution is 5.77. The zero-order valence-electron chi connectivity index (χ0n) is 9.15. The largest absolute Gasteiger partial charge is 0.394 e. The van der Waals surface area contributed by atoms with Gasteiger partial charge in [0.2, 0.25) is 5.91 Å². The highest BCUT2D eigenvalue weighted by atomic mass is 16.5. The third-order valence-corrected chi connectivity index (χ3v) is 2.27. The first-order valence-electron chi connectivity index (χ1n) is 5.36. The maximum atomic E-state index is 11.6. The number of aliphatic hydroxyl groups excluding tert-OH is 1. The second kappa shape index (κ2) is 6.76. The second-order valence-electron chi connectivity index (χ2n) is 3.57. The fourth-order valence-corrected chi connectivity index (χ4v) is 1.45. The van der Waals surface area contributed by atoms with E-state index in [2.05, 4.69) is 0 Å². The van der Waals surface area contributed by atoms with Crippen molar-refractivity contribution in [1.82, 2.24) is 4.90 Å². The number of aliphatic hydroxyl groups is 1.